The molecule has 11 amide bonds. The molecule has 0 aliphatic carbocycles. The fourth-order valence-electron chi connectivity index (χ4n) is 11.5. The van der Waals surface area contributed by atoms with E-state index in [1.807, 2.05) is 55.4 Å². The predicted octanol–water partition coefficient (Wildman–Crippen LogP) is 4.10. The van der Waals surface area contributed by atoms with Crippen molar-refractivity contribution < 1.29 is 67.7 Å². The molecule has 524 valence electrons. The van der Waals surface area contributed by atoms with Crippen molar-refractivity contribution in [2.45, 2.75) is 216 Å². The number of aromatic carboxylic acids is 1. The third-order valence-corrected chi connectivity index (χ3v) is 17.3. The zero-order valence-corrected chi connectivity index (χ0v) is 59.7. The van der Waals surface area contributed by atoms with Gasteiger partial charge in [0.25, 0.3) is 0 Å². The van der Waals surface area contributed by atoms with E-state index in [1.54, 1.807) is 65.8 Å². The number of aliphatic hydroxyl groups is 1. The maximum absolute atomic E-state index is 15.3. The Morgan fingerprint density at radius 3 is 1.39 bits per heavy atom. The van der Waals surface area contributed by atoms with Gasteiger partial charge in [0.05, 0.1) is 18.2 Å². The molecule has 0 radical (unpaired) electrons. The molecule has 1 aromatic carbocycles. The van der Waals surface area contributed by atoms with E-state index in [9.17, 15) is 48.6 Å². The van der Waals surface area contributed by atoms with Crippen molar-refractivity contribution in [1.29, 1.82) is 0 Å². The molecule has 0 aromatic heterocycles. The topological polar surface area (TPSA) is 316 Å². The third kappa shape index (κ3) is 22.9. The van der Waals surface area contributed by atoms with Crippen molar-refractivity contribution in [2.24, 2.45) is 41.4 Å². The number of carboxylic acid groups (broad SMARTS) is 1. The Morgan fingerprint density at radius 1 is 0.495 bits per heavy atom. The van der Waals surface area contributed by atoms with Gasteiger partial charge in [0.15, 0.2) is 0 Å². The predicted molar refractivity (Wildman–Crippen MR) is 356 cm³/mol. The first-order valence-corrected chi connectivity index (χ1v) is 32.8. The highest BCUT2D eigenvalue weighted by Crippen LogP contribution is 2.26. The van der Waals surface area contributed by atoms with Gasteiger partial charge in [0.2, 0.25) is 65.0 Å². The van der Waals surface area contributed by atoms with Gasteiger partial charge in [0.1, 0.15) is 60.4 Å². The van der Waals surface area contributed by atoms with E-state index < -0.39 is 162 Å². The summed E-state index contributed by atoms with van der Waals surface area (Å²) in [4.78, 5) is 181. The minimum Gasteiger partial charge on any atom is -0.478 e. The number of carbonyl (C=O) groups excluding carboxylic acids is 11. The van der Waals surface area contributed by atoms with E-state index in [1.165, 1.54) is 99.8 Å². The third-order valence-electron chi connectivity index (χ3n) is 17.3. The Balaban J connectivity index is 3.00. The van der Waals surface area contributed by atoms with Gasteiger partial charge in [-0.15, -0.1) is 0 Å². The van der Waals surface area contributed by atoms with Crippen LogP contribution in [0.5, 0.6) is 0 Å². The minimum atomic E-state index is -1.72. The fourth-order valence-corrected chi connectivity index (χ4v) is 11.5. The molecule has 1 heterocycles. The Kier molecular flexibility index (Phi) is 32.4. The number of carbonyl (C=O) groups is 12. The van der Waals surface area contributed by atoms with Gasteiger partial charge >= 0.3 is 5.97 Å². The lowest BCUT2D eigenvalue weighted by Crippen LogP contribution is -2.63. The van der Waals surface area contributed by atoms with Crippen LogP contribution < -0.4 is 21.3 Å². The summed E-state index contributed by atoms with van der Waals surface area (Å²) >= 11 is 0. The lowest BCUT2D eigenvalue weighted by Gasteiger charge is -2.41. The first-order valence-electron chi connectivity index (χ1n) is 32.8. The molecule has 1 fully saturated rings. The van der Waals surface area contributed by atoms with Crippen molar-refractivity contribution in [3.63, 3.8) is 0 Å². The summed E-state index contributed by atoms with van der Waals surface area (Å²) in [7, 11) is 9.77. The minimum absolute atomic E-state index is 0.0279. The van der Waals surface area contributed by atoms with Crippen LogP contribution in [0.4, 0.5) is 0 Å². The number of carboxylic acids is 1. The monoisotopic (exact) mass is 1310 g/mol. The van der Waals surface area contributed by atoms with Crippen LogP contribution in [0.25, 0.3) is 6.08 Å². The Morgan fingerprint density at radius 2 is 0.925 bits per heavy atom. The highest BCUT2D eigenvalue weighted by molar-refractivity contribution is 5.99. The van der Waals surface area contributed by atoms with Gasteiger partial charge in [0, 0.05) is 49.3 Å². The summed E-state index contributed by atoms with van der Waals surface area (Å²) in [5.41, 5.74) is 0.731. The van der Waals surface area contributed by atoms with Crippen LogP contribution in [0.1, 0.15) is 165 Å². The molecule has 1 aromatic rings. The second-order valence-electron chi connectivity index (χ2n) is 27.9. The number of nitrogens with zero attached hydrogens (tertiary/aromatic N) is 7. The van der Waals surface area contributed by atoms with E-state index >= 15 is 19.2 Å². The van der Waals surface area contributed by atoms with Crippen LogP contribution in [-0.2, 0) is 52.7 Å². The van der Waals surface area contributed by atoms with E-state index in [0.717, 1.165) is 9.80 Å². The number of aliphatic hydroxyl groups excluding tert-OH is 1. The SMILES string of the molecule is CC[C@@H]1NC(=O)[C@H]([C@H](O)[C@H](C)C/C=C/c2ccc(C(=O)O)cc2)N(C)C(=O)[C@H](C(C)C)N(C)C(=O)[C@H](CC(C)C)N(C)C(=O)C(CC(C)C)N(C)C(=O)[C@@H](C)NC(=O)[C@H](C)NC(=O)[C@H](CC(C)C)N(C)C(=O)[C@H](C(C)C)NC(=O)[C@H](CC(C)C)N(C)C(=O)CN(C)C1=O. The first-order chi connectivity index (χ1) is 43.0. The van der Waals surface area contributed by atoms with Crippen LogP contribution in [0.3, 0.4) is 0 Å². The molecule has 1 aliphatic rings. The van der Waals surface area contributed by atoms with Crippen LogP contribution >= 0.6 is 0 Å². The van der Waals surface area contributed by atoms with Gasteiger partial charge in [-0.3, -0.25) is 52.7 Å². The lowest BCUT2D eigenvalue weighted by molar-refractivity contribution is -0.157. The molecule has 6 N–H and O–H groups in total. The van der Waals surface area contributed by atoms with Crippen molar-refractivity contribution >= 4 is 77.0 Å². The van der Waals surface area contributed by atoms with Crippen LogP contribution in [0.15, 0.2) is 30.3 Å². The summed E-state index contributed by atoms with van der Waals surface area (Å²) in [6.45, 7) is 27.2. The van der Waals surface area contributed by atoms with Gasteiger partial charge in [-0.1, -0.05) is 121 Å². The molecule has 0 spiro atoms. The highest BCUT2D eigenvalue weighted by Gasteiger charge is 2.46. The summed E-state index contributed by atoms with van der Waals surface area (Å²) in [5.74, 6) is -11.5. The number of allylic oxidation sites excluding steroid dienone is 1. The van der Waals surface area contributed by atoms with Gasteiger partial charge < -0.3 is 65.8 Å². The lowest BCUT2D eigenvalue weighted by atomic mass is 9.91. The van der Waals surface area contributed by atoms with Crippen LogP contribution in [0.2, 0.25) is 0 Å². The van der Waals surface area contributed by atoms with Gasteiger partial charge in [-0.25, -0.2) is 4.79 Å². The van der Waals surface area contributed by atoms with E-state index in [4.69, 9.17) is 0 Å². The average Bonchev–Trinajstić information content (AvgIpc) is 0.846. The van der Waals surface area contributed by atoms with E-state index in [0.29, 0.717) is 5.56 Å². The standard InChI is InChI=1S/C68H113N11O14/c1-24-48-63(87)73(17)36-53(80)74(18)49(32-37(2)3)60(84)72-54(41(10)11)66(90)75(19)50(33-38(4)5)59(83)69-44(15)58(82)70-45(16)62(86)76(20)51(34-39(6)7)64(88)77(21)52(35-40(8)9)65(89)78(22)55(42(12)13)67(91)79(23)56(61(85)71-48)57(81)43(14)26-25-27-46-28-30-47(31-29-46)68(92)93/h25,27-31,37-45,48-52,54-57,81H,24,26,32-36H2,1-23H3,(H,69,83)(H,70,82)(H,71,85)(H,72,84)(H,92,93)/b27-25+/t43-,44+,45-,48+,49+,50+,51?,52+,54+,55+,56+,57-/m1/s1. The summed E-state index contributed by atoms with van der Waals surface area (Å²) in [6, 6.07) is -6.68. The smallest absolute Gasteiger partial charge is 0.335 e. The summed E-state index contributed by atoms with van der Waals surface area (Å²) < 4.78 is 0. The number of hydrogen-bond acceptors (Lipinski definition) is 13. The molecule has 0 bridgehead atoms. The second kappa shape index (κ2) is 36.9. The second-order valence-corrected chi connectivity index (χ2v) is 27.9. The molecule has 25 heteroatoms. The molecule has 12 atom stereocenters. The molecule has 2 rings (SSSR count). The van der Waals surface area contributed by atoms with Crippen molar-refractivity contribution in [3.05, 3.63) is 41.5 Å². The summed E-state index contributed by atoms with van der Waals surface area (Å²) in [5, 5.41) is 32.8. The number of benzene rings is 1. The Bertz CT molecular complexity index is 2790. The highest BCUT2D eigenvalue weighted by atomic mass is 16.4. The van der Waals surface area contributed by atoms with Gasteiger partial charge in [-0.05, 0) is 111 Å². The molecule has 1 unspecified atom stereocenters. The first kappa shape index (κ1) is 81.7. The number of likely N-dealkylation sites (N-methyl/N-ethyl adjacent to an activating group) is 7. The maximum Gasteiger partial charge on any atom is 0.335 e. The zero-order valence-electron chi connectivity index (χ0n) is 59.7. The van der Waals surface area contributed by atoms with Gasteiger partial charge in [-0.2, -0.15) is 0 Å². The molecular weight excluding hydrogens is 1190 g/mol. The van der Waals surface area contributed by atoms with Crippen LogP contribution in [0, 0.1) is 41.4 Å². The molecule has 0 saturated carbocycles. The number of rotatable bonds is 17. The molecule has 1 saturated heterocycles. The van der Waals surface area contributed by atoms with E-state index in [2.05, 4.69) is 21.3 Å². The van der Waals surface area contributed by atoms with Crippen molar-refractivity contribution in [2.75, 3.05) is 55.9 Å². The molecule has 25 nitrogen and oxygen atoms in total. The molecule has 93 heavy (non-hydrogen) atoms. The Hall–Kier alpha value is -7.44. The Labute approximate surface area is 552 Å². The number of nitrogens with one attached hydrogen (secondary N) is 4. The maximum atomic E-state index is 15.3. The van der Waals surface area contributed by atoms with Crippen molar-refractivity contribution in [1.82, 2.24) is 55.6 Å². The number of amides is 11. The largest absolute Gasteiger partial charge is 0.478 e. The van der Waals surface area contributed by atoms with Crippen molar-refractivity contribution in [3.8, 4) is 0 Å². The summed E-state index contributed by atoms with van der Waals surface area (Å²) in [6.07, 6.45) is 2.42. The number of hydrogen-bond donors (Lipinski definition) is 6. The fraction of sp³-hybridized carbons (Fsp3) is 0.706. The normalized spacial score (nSPS) is 25.5. The molecule has 1 aliphatic heterocycles. The zero-order chi connectivity index (χ0) is 71.5. The van der Waals surface area contributed by atoms with E-state index in [-0.39, 0.29) is 67.8 Å². The quantitative estimate of drug-likeness (QED) is 0.128. The van der Waals surface area contributed by atoms with Crippen LogP contribution in [-0.4, -0.2) is 238 Å². The average molecular weight is 1310 g/mol. The molecular formula is C68H113N11O14.